The predicted octanol–water partition coefficient (Wildman–Crippen LogP) is 1.38. The molecule has 3 saturated heterocycles. The molecule has 28 heavy (non-hydrogen) atoms. The highest BCUT2D eigenvalue weighted by Gasteiger charge is 2.39. The molecule has 3 fully saturated rings. The largest absolute Gasteiger partial charge is 0.351 e. The lowest BCUT2D eigenvalue weighted by atomic mass is 10.0. The molecule has 0 unspecified atom stereocenters. The highest BCUT2D eigenvalue weighted by Crippen LogP contribution is 2.31. The van der Waals surface area contributed by atoms with Gasteiger partial charge in [-0.15, -0.1) is 0 Å². The highest BCUT2D eigenvalue weighted by atomic mass is 16.7. The second-order valence-electron chi connectivity index (χ2n) is 7.86. The first-order valence-corrected chi connectivity index (χ1v) is 10.3. The van der Waals surface area contributed by atoms with E-state index in [4.69, 9.17) is 9.47 Å². The third kappa shape index (κ3) is 4.54. The summed E-state index contributed by atoms with van der Waals surface area (Å²) in [7, 11) is 0. The lowest BCUT2D eigenvalue weighted by Crippen LogP contribution is -2.48. The molecule has 3 aliphatic rings. The SMILES string of the molecule is O=C(CN1CCC2(CC1)OCCO2)NCc1ccc(C(=O)N2CCCC2)cc1. The van der Waals surface area contributed by atoms with Crippen LogP contribution in [-0.2, 0) is 20.8 Å². The fourth-order valence-corrected chi connectivity index (χ4v) is 4.17. The number of likely N-dealkylation sites (tertiary alicyclic amines) is 2. The monoisotopic (exact) mass is 387 g/mol. The van der Waals surface area contributed by atoms with Crippen LogP contribution in [0.5, 0.6) is 0 Å². The molecule has 0 aliphatic carbocycles. The first-order chi connectivity index (χ1) is 13.6. The quantitative estimate of drug-likeness (QED) is 0.827. The third-order valence-electron chi connectivity index (χ3n) is 5.88. The van der Waals surface area contributed by atoms with Crippen LogP contribution in [-0.4, -0.2) is 73.3 Å². The third-order valence-corrected chi connectivity index (χ3v) is 5.88. The summed E-state index contributed by atoms with van der Waals surface area (Å²) >= 11 is 0. The molecule has 1 aromatic carbocycles. The maximum atomic E-state index is 12.4. The Hall–Kier alpha value is -1.96. The molecule has 1 N–H and O–H groups in total. The van der Waals surface area contributed by atoms with Gasteiger partial charge in [0.15, 0.2) is 5.79 Å². The van der Waals surface area contributed by atoms with Gasteiger partial charge >= 0.3 is 0 Å². The number of amides is 2. The molecule has 7 nitrogen and oxygen atoms in total. The van der Waals surface area contributed by atoms with Crippen molar-refractivity contribution in [3.05, 3.63) is 35.4 Å². The summed E-state index contributed by atoms with van der Waals surface area (Å²) in [6.45, 7) is 5.52. The smallest absolute Gasteiger partial charge is 0.253 e. The molecule has 0 saturated carbocycles. The summed E-state index contributed by atoms with van der Waals surface area (Å²) in [6, 6.07) is 7.55. The Morgan fingerprint density at radius 1 is 0.964 bits per heavy atom. The Morgan fingerprint density at radius 2 is 1.61 bits per heavy atom. The van der Waals surface area contributed by atoms with Crippen molar-refractivity contribution in [1.82, 2.24) is 15.1 Å². The molecule has 1 aromatic rings. The number of nitrogens with zero attached hydrogens (tertiary/aromatic N) is 2. The minimum absolute atomic E-state index is 0.0152. The van der Waals surface area contributed by atoms with Gasteiger partial charge in [0.1, 0.15) is 0 Å². The van der Waals surface area contributed by atoms with Gasteiger partial charge in [0.25, 0.3) is 5.91 Å². The summed E-state index contributed by atoms with van der Waals surface area (Å²) in [5.74, 6) is -0.283. The number of nitrogens with one attached hydrogen (secondary N) is 1. The molecule has 0 radical (unpaired) electrons. The van der Waals surface area contributed by atoms with Crippen molar-refractivity contribution in [3.8, 4) is 0 Å². The van der Waals surface area contributed by atoms with Crippen molar-refractivity contribution in [3.63, 3.8) is 0 Å². The molecule has 4 rings (SSSR count). The first kappa shape index (κ1) is 19.4. The molecule has 0 atom stereocenters. The Labute approximate surface area is 166 Å². The molecule has 3 heterocycles. The van der Waals surface area contributed by atoms with Crippen LogP contribution in [0, 0.1) is 0 Å². The van der Waals surface area contributed by atoms with E-state index in [1.54, 1.807) is 0 Å². The van der Waals surface area contributed by atoms with Gasteiger partial charge in [-0.1, -0.05) is 12.1 Å². The first-order valence-electron chi connectivity index (χ1n) is 10.3. The summed E-state index contributed by atoms with van der Waals surface area (Å²) in [5, 5.41) is 2.97. The van der Waals surface area contributed by atoms with Crippen molar-refractivity contribution < 1.29 is 19.1 Å². The van der Waals surface area contributed by atoms with E-state index >= 15 is 0 Å². The molecular weight excluding hydrogens is 358 g/mol. The topological polar surface area (TPSA) is 71.1 Å². The average molecular weight is 387 g/mol. The minimum Gasteiger partial charge on any atom is -0.351 e. The Bertz CT molecular complexity index is 684. The number of hydrogen-bond donors (Lipinski definition) is 1. The Kier molecular flexibility index (Phi) is 5.94. The fourth-order valence-electron chi connectivity index (χ4n) is 4.17. The lowest BCUT2D eigenvalue weighted by molar-refractivity contribution is -0.185. The van der Waals surface area contributed by atoms with Crippen molar-refractivity contribution >= 4 is 11.8 Å². The van der Waals surface area contributed by atoms with Crippen LogP contribution >= 0.6 is 0 Å². The van der Waals surface area contributed by atoms with E-state index < -0.39 is 5.79 Å². The van der Waals surface area contributed by atoms with Crippen molar-refractivity contribution in [2.75, 3.05) is 45.9 Å². The van der Waals surface area contributed by atoms with E-state index in [0.29, 0.717) is 26.3 Å². The van der Waals surface area contributed by atoms with Gasteiger partial charge in [0.05, 0.1) is 19.8 Å². The van der Waals surface area contributed by atoms with E-state index in [1.165, 1.54) is 0 Å². The molecular formula is C21H29N3O4. The van der Waals surface area contributed by atoms with E-state index in [1.807, 2.05) is 29.2 Å². The van der Waals surface area contributed by atoms with Crippen LogP contribution in [0.25, 0.3) is 0 Å². The Morgan fingerprint density at radius 3 is 2.25 bits per heavy atom. The van der Waals surface area contributed by atoms with Crippen LogP contribution in [0.3, 0.4) is 0 Å². The summed E-state index contributed by atoms with van der Waals surface area (Å²) in [4.78, 5) is 28.7. The second-order valence-corrected chi connectivity index (χ2v) is 7.86. The number of benzene rings is 1. The number of hydrogen-bond acceptors (Lipinski definition) is 5. The van der Waals surface area contributed by atoms with Crippen LogP contribution < -0.4 is 5.32 Å². The van der Waals surface area contributed by atoms with Crippen molar-refractivity contribution in [2.24, 2.45) is 0 Å². The maximum Gasteiger partial charge on any atom is 0.253 e. The van der Waals surface area contributed by atoms with Gasteiger partial charge in [-0.2, -0.15) is 0 Å². The normalized spacial score (nSPS) is 21.9. The van der Waals surface area contributed by atoms with Crippen LogP contribution in [0.1, 0.15) is 41.6 Å². The maximum absolute atomic E-state index is 12.4. The zero-order valence-corrected chi connectivity index (χ0v) is 16.3. The number of piperidine rings is 1. The molecule has 0 aromatic heterocycles. The summed E-state index contributed by atoms with van der Waals surface area (Å²) < 4.78 is 11.4. The van der Waals surface area contributed by atoms with Gasteiger partial charge in [-0.25, -0.2) is 0 Å². The average Bonchev–Trinajstić information content (AvgIpc) is 3.41. The van der Waals surface area contributed by atoms with Crippen molar-refractivity contribution in [1.29, 1.82) is 0 Å². The van der Waals surface area contributed by atoms with Crippen LogP contribution in [0.15, 0.2) is 24.3 Å². The standard InChI is InChI=1S/C21H29N3O4/c25-19(16-23-11-7-21(8-12-23)27-13-14-28-21)22-15-17-3-5-18(6-4-17)20(26)24-9-1-2-10-24/h3-6H,1-2,7-16H2,(H,22,25). The predicted molar refractivity (Wildman–Crippen MR) is 104 cm³/mol. The molecule has 152 valence electrons. The minimum atomic E-state index is -0.402. The number of carbonyl (C=O) groups is 2. The number of carbonyl (C=O) groups excluding carboxylic acids is 2. The Balaban J connectivity index is 1.20. The molecule has 7 heteroatoms. The van der Waals surface area contributed by atoms with Gasteiger partial charge in [-0.05, 0) is 30.5 Å². The van der Waals surface area contributed by atoms with E-state index in [0.717, 1.165) is 63.0 Å². The zero-order chi connectivity index (χ0) is 19.4. The van der Waals surface area contributed by atoms with Gasteiger partial charge < -0.3 is 19.7 Å². The van der Waals surface area contributed by atoms with Crippen molar-refractivity contribution in [2.45, 2.75) is 38.0 Å². The molecule has 1 spiro atoms. The van der Waals surface area contributed by atoms with Gasteiger partial charge in [0, 0.05) is 51.1 Å². The van der Waals surface area contributed by atoms with Crippen LogP contribution in [0.2, 0.25) is 0 Å². The number of ether oxygens (including phenoxy) is 2. The molecule has 0 bridgehead atoms. The van der Waals surface area contributed by atoms with Gasteiger partial charge in [0.2, 0.25) is 5.91 Å². The lowest BCUT2D eigenvalue weighted by Gasteiger charge is -2.37. The fraction of sp³-hybridized carbons (Fsp3) is 0.619. The second kappa shape index (κ2) is 8.59. The summed E-state index contributed by atoms with van der Waals surface area (Å²) in [6.07, 6.45) is 3.81. The van der Waals surface area contributed by atoms with Gasteiger partial charge in [-0.3, -0.25) is 14.5 Å². The highest BCUT2D eigenvalue weighted by molar-refractivity contribution is 5.94. The van der Waals surface area contributed by atoms with E-state index in [2.05, 4.69) is 10.2 Å². The molecule has 2 amide bonds. The molecule has 3 aliphatic heterocycles. The van der Waals surface area contributed by atoms with Crippen LogP contribution in [0.4, 0.5) is 0 Å². The van der Waals surface area contributed by atoms with E-state index in [9.17, 15) is 9.59 Å². The number of rotatable bonds is 5. The zero-order valence-electron chi connectivity index (χ0n) is 16.3. The van der Waals surface area contributed by atoms with E-state index in [-0.39, 0.29) is 11.8 Å². The summed E-state index contributed by atoms with van der Waals surface area (Å²) in [5.41, 5.74) is 1.72.